The number of fused-ring (bicyclic) bond motifs is 1. The van der Waals surface area contributed by atoms with Gasteiger partial charge in [-0.3, -0.25) is 0 Å². The first-order valence-corrected chi connectivity index (χ1v) is 4.65. The molecule has 2 aliphatic rings. The summed E-state index contributed by atoms with van der Waals surface area (Å²) in [6, 6.07) is 0. The Morgan fingerprint density at radius 2 is 1.92 bits per heavy atom. The lowest BCUT2D eigenvalue weighted by atomic mass is 9.96. The van der Waals surface area contributed by atoms with Gasteiger partial charge in [-0.1, -0.05) is 11.8 Å². The van der Waals surface area contributed by atoms with Crippen molar-refractivity contribution in [3.63, 3.8) is 0 Å². The molecule has 0 radical (unpaired) electrons. The quantitative estimate of drug-likeness (QED) is 0.586. The molecule has 66 valence electrons. The van der Waals surface area contributed by atoms with Crippen molar-refractivity contribution in [3.8, 4) is 11.8 Å². The maximum absolute atomic E-state index is 9.68. The Balaban J connectivity index is 1.96. The van der Waals surface area contributed by atoms with Gasteiger partial charge in [-0.2, -0.15) is 0 Å². The minimum absolute atomic E-state index is 0.0247. The zero-order valence-electron chi connectivity index (χ0n) is 8.02. The molecule has 2 saturated carbocycles. The lowest BCUT2D eigenvalue weighted by molar-refractivity contribution is 0.179. The zero-order chi connectivity index (χ0) is 8.98. The SMILES string of the molecule is CC(C)(C)C#CC(O)C12CC1C2. The van der Waals surface area contributed by atoms with Crippen LogP contribution in [0.1, 0.15) is 33.6 Å². The first-order valence-electron chi connectivity index (χ1n) is 4.65. The zero-order valence-corrected chi connectivity index (χ0v) is 8.02. The fourth-order valence-electron chi connectivity index (χ4n) is 1.61. The molecule has 0 aliphatic heterocycles. The molecule has 1 nitrogen and oxygen atoms in total. The second-order valence-corrected chi connectivity index (χ2v) is 5.26. The van der Waals surface area contributed by atoms with Crippen LogP contribution in [0.3, 0.4) is 0 Å². The number of rotatable bonds is 1. The first-order chi connectivity index (χ1) is 5.44. The molecule has 2 rings (SSSR count). The van der Waals surface area contributed by atoms with E-state index in [1.54, 1.807) is 0 Å². The molecule has 0 aromatic carbocycles. The first kappa shape index (κ1) is 8.13. The van der Waals surface area contributed by atoms with Crippen LogP contribution in [0.25, 0.3) is 0 Å². The lowest BCUT2D eigenvalue weighted by Crippen LogP contribution is -2.13. The van der Waals surface area contributed by atoms with Gasteiger partial charge in [0, 0.05) is 10.8 Å². The monoisotopic (exact) mass is 164 g/mol. The molecule has 1 unspecified atom stereocenters. The molecular weight excluding hydrogens is 148 g/mol. The van der Waals surface area contributed by atoms with Crippen molar-refractivity contribution in [3.05, 3.63) is 0 Å². The van der Waals surface area contributed by atoms with Crippen LogP contribution in [0.15, 0.2) is 0 Å². The van der Waals surface area contributed by atoms with Crippen molar-refractivity contribution >= 4 is 0 Å². The highest BCUT2D eigenvalue weighted by Gasteiger charge is 2.73. The van der Waals surface area contributed by atoms with Gasteiger partial charge in [0.2, 0.25) is 0 Å². The number of aliphatic hydroxyl groups is 1. The molecule has 0 saturated heterocycles. The predicted octanol–water partition coefficient (Wildman–Crippen LogP) is 1.81. The van der Waals surface area contributed by atoms with Gasteiger partial charge in [0.25, 0.3) is 0 Å². The van der Waals surface area contributed by atoms with E-state index in [1.807, 2.05) is 0 Å². The normalized spacial score (nSPS) is 39.2. The minimum atomic E-state index is -0.346. The summed E-state index contributed by atoms with van der Waals surface area (Å²) in [5.74, 6) is 6.89. The van der Waals surface area contributed by atoms with Gasteiger partial charge in [0.15, 0.2) is 0 Å². The van der Waals surface area contributed by atoms with Crippen molar-refractivity contribution in [1.29, 1.82) is 0 Å². The van der Waals surface area contributed by atoms with Gasteiger partial charge in [-0.25, -0.2) is 0 Å². The van der Waals surface area contributed by atoms with E-state index in [4.69, 9.17) is 0 Å². The third kappa shape index (κ3) is 1.25. The van der Waals surface area contributed by atoms with Crippen LogP contribution in [0.4, 0.5) is 0 Å². The van der Waals surface area contributed by atoms with E-state index in [1.165, 1.54) is 12.8 Å². The van der Waals surface area contributed by atoms with Crippen molar-refractivity contribution in [1.82, 2.24) is 0 Å². The third-order valence-electron chi connectivity index (χ3n) is 2.87. The number of aliphatic hydroxyl groups excluding tert-OH is 1. The highest BCUT2D eigenvalue weighted by Crippen LogP contribution is 2.76. The molecule has 2 aliphatic carbocycles. The second kappa shape index (κ2) is 2.06. The number of hydrogen-bond donors (Lipinski definition) is 1. The largest absolute Gasteiger partial charge is 0.380 e. The predicted molar refractivity (Wildman–Crippen MR) is 48.4 cm³/mol. The smallest absolute Gasteiger partial charge is 0.120 e. The van der Waals surface area contributed by atoms with Crippen LogP contribution in [0, 0.1) is 28.6 Å². The fourth-order valence-corrected chi connectivity index (χ4v) is 1.61. The van der Waals surface area contributed by atoms with E-state index in [-0.39, 0.29) is 16.9 Å². The molecule has 0 amide bonds. The number of hydrogen-bond acceptors (Lipinski definition) is 1. The minimum Gasteiger partial charge on any atom is -0.380 e. The highest BCUT2D eigenvalue weighted by molar-refractivity contribution is 5.29. The van der Waals surface area contributed by atoms with Crippen LogP contribution < -0.4 is 0 Å². The van der Waals surface area contributed by atoms with Gasteiger partial charge in [0.1, 0.15) is 6.10 Å². The van der Waals surface area contributed by atoms with Crippen LogP contribution in [-0.2, 0) is 0 Å². The molecule has 0 bridgehead atoms. The Labute approximate surface area is 74.2 Å². The summed E-state index contributed by atoms with van der Waals surface area (Å²) < 4.78 is 0. The summed E-state index contributed by atoms with van der Waals surface area (Å²) in [6.07, 6.45) is 2.08. The molecule has 1 N–H and O–H groups in total. The molecule has 0 heterocycles. The van der Waals surface area contributed by atoms with Crippen molar-refractivity contribution < 1.29 is 5.11 Å². The summed E-state index contributed by atoms with van der Waals surface area (Å²) >= 11 is 0. The lowest BCUT2D eigenvalue weighted by Gasteiger charge is -2.10. The Hall–Kier alpha value is -0.480. The van der Waals surface area contributed by atoms with Crippen LogP contribution in [0.2, 0.25) is 0 Å². The van der Waals surface area contributed by atoms with Gasteiger partial charge >= 0.3 is 0 Å². The molecule has 2 fully saturated rings. The molecular formula is C11H16O. The Morgan fingerprint density at radius 1 is 1.42 bits per heavy atom. The molecule has 0 aromatic heterocycles. The van der Waals surface area contributed by atoms with E-state index in [2.05, 4.69) is 32.6 Å². The fraction of sp³-hybridized carbons (Fsp3) is 0.818. The van der Waals surface area contributed by atoms with E-state index in [9.17, 15) is 5.11 Å². The standard InChI is InChI=1S/C11H16O/c1-10(2,3)5-4-9(12)11-6-8(11)7-11/h8-9,12H,6-7H2,1-3H3. The van der Waals surface area contributed by atoms with Crippen LogP contribution in [0.5, 0.6) is 0 Å². The van der Waals surface area contributed by atoms with E-state index in [0.717, 1.165) is 5.92 Å². The molecule has 0 aromatic rings. The summed E-state index contributed by atoms with van der Waals surface area (Å²) in [6.45, 7) is 6.21. The molecule has 0 spiro atoms. The Kier molecular flexibility index (Phi) is 1.40. The van der Waals surface area contributed by atoms with Crippen molar-refractivity contribution in [2.75, 3.05) is 0 Å². The van der Waals surface area contributed by atoms with Crippen molar-refractivity contribution in [2.45, 2.75) is 39.7 Å². The van der Waals surface area contributed by atoms with Gasteiger partial charge in [0.05, 0.1) is 0 Å². The maximum Gasteiger partial charge on any atom is 0.120 e. The van der Waals surface area contributed by atoms with Crippen LogP contribution in [-0.4, -0.2) is 11.2 Å². The average Bonchev–Trinajstić information content (AvgIpc) is 2.64. The molecule has 1 heteroatoms. The Bertz CT molecular complexity index is 255. The summed E-state index contributed by atoms with van der Waals surface area (Å²) in [5.41, 5.74) is 0.301. The van der Waals surface area contributed by atoms with E-state index in [0.29, 0.717) is 0 Å². The summed E-state index contributed by atoms with van der Waals surface area (Å²) in [7, 11) is 0. The highest BCUT2D eigenvalue weighted by atomic mass is 16.3. The topological polar surface area (TPSA) is 20.2 Å². The van der Waals surface area contributed by atoms with Crippen LogP contribution >= 0.6 is 0 Å². The second-order valence-electron chi connectivity index (χ2n) is 5.26. The van der Waals surface area contributed by atoms with Gasteiger partial charge in [-0.05, 0) is 39.5 Å². The van der Waals surface area contributed by atoms with Gasteiger partial charge in [-0.15, -0.1) is 0 Å². The van der Waals surface area contributed by atoms with E-state index >= 15 is 0 Å². The maximum atomic E-state index is 9.68. The van der Waals surface area contributed by atoms with Crippen molar-refractivity contribution in [2.24, 2.45) is 16.7 Å². The summed E-state index contributed by atoms with van der Waals surface area (Å²) in [4.78, 5) is 0. The van der Waals surface area contributed by atoms with Gasteiger partial charge < -0.3 is 5.11 Å². The van der Waals surface area contributed by atoms with E-state index < -0.39 is 0 Å². The Morgan fingerprint density at radius 3 is 2.25 bits per heavy atom. The molecule has 1 atom stereocenters. The third-order valence-corrected chi connectivity index (χ3v) is 2.87. The summed E-state index contributed by atoms with van der Waals surface area (Å²) in [5, 5.41) is 9.68. The average molecular weight is 164 g/mol. The molecule has 12 heavy (non-hydrogen) atoms.